The van der Waals surface area contributed by atoms with E-state index in [-0.39, 0.29) is 5.41 Å². The first-order valence-electron chi connectivity index (χ1n) is 6.95. The lowest BCUT2D eigenvalue weighted by atomic mass is 9.85. The van der Waals surface area contributed by atoms with Crippen LogP contribution in [0.15, 0.2) is 36.5 Å². The van der Waals surface area contributed by atoms with E-state index in [0.29, 0.717) is 0 Å². The zero-order valence-electron chi connectivity index (χ0n) is 11.7. The van der Waals surface area contributed by atoms with Gasteiger partial charge in [-0.25, -0.2) is 4.98 Å². The van der Waals surface area contributed by atoms with E-state index in [2.05, 4.69) is 56.1 Å². The van der Waals surface area contributed by atoms with Crippen LogP contribution in [0.2, 0.25) is 0 Å². The van der Waals surface area contributed by atoms with Crippen LogP contribution < -0.4 is 4.98 Å². The van der Waals surface area contributed by atoms with Crippen LogP contribution in [0.5, 0.6) is 0 Å². The number of rotatable bonds is 0. The van der Waals surface area contributed by atoms with E-state index in [9.17, 15) is 0 Å². The minimum atomic E-state index is 0.254. The Labute approximate surface area is 113 Å². The van der Waals surface area contributed by atoms with E-state index in [1.165, 1.54) is 32.8 Å². The highest BCUT2D eigenvalue weighted by Crippen LogP contribution is 2.45. The first kappa shape index (κ1) is 11.0. The van der Waals surface area contributed by atoms with Crippen molar-refractivity contribution in [2.24, 2.45) is 0 Å². The molecular weight excluding hydrogens is 230 g/mol. The van der Waals surface area contributed by atoms with E-state index in [1.54, 1.807) is 5.56 Å². The Balaban J connectivity index is 2.33. The van der Waals surface area contributed by atoms with Gasteiger partial charge in [0.15, 0.2) is 6.20 Å². The quantitative estimate of drug-likeness (QED) is 0.535. The summed E-state index contributed by atoms with van der Waals surface area (Å²) in [6.07, 6.45) is 3.18. The Bertz CT molecular complexity index is 828. The molecule has 0 amide bonds. The molecule has 0 atom stereocenters. The molecule has 0 fully saturated rings. The van der Waals surface area contributed by atoms with Crippen LogP contribution in [0.25, 0.3) is 21.7 Å². The number of hydrogen-bond acceptors (Lipinski definition) is 0. The smallest absolute Gasteiger partial charge is 0.211 e. The molecule has 19 heavy (non-hydrogen) atoms. The van der Waals surface area contributed by atoms with Crippen LogP contribution in [0, 0.1) is 6.92 Å². The van der Waals surface area contributed by atoms with Crippen molar-refractivity contribution in [2.75, 3.05) is 0 Å². The van der Waals surface area contributed by atoms with Crippen LogP contribution in [-0.2, 0) is 11.8 Å². The summed E-state index contributed by atoms with van der Waals surface area (Å²) in [6, 6.07) is 11.1. The first-order valence-corrected chi connectivity index (χ1v) is 6.95. The average molecular weight is 248 g/mol. The van der Waals surface area contributed by atoms with E-state index in [4.69, 9.17) is 0 Å². The van der Waals surface area contributed by atoms with Crippen molar-refractivity contribution in [3.8, 4) is 0 Å². The summed E-state index contributed by atoms with van der Waals surface area (Å²) in [4.78, 5) is 3.44. The van der Waals surface area contributed by atoms with Gasteiger partial charge in [-0.1, -0.05) is 26.0 Å². The fraction of sp³-hybridized carbons (Fsp3) is 0.278. The van der Waals surface area contributed by atoms with E-state index >= 15 is 0 Å². The third-order valence-electron chi connectivity index (χ3n) is 4.70. The van der Waals surface area contributed by atoms with Gasteiger partial charge in [-0.2, -0.15) is 0 Å². The fourth-order valence-electron chi connectivity index (χ4n) is 3.73. The van der Waals surface area contributed by atoms with Gasteiger partial charge in [0.1, 0.15) is 0 Å². The van der Waals surface area contributed by atoms with Crippen molar-refractivity contribution in [2.45, 2.75) is 32.6 Å². The Morgan fingerprint density at radius 3 is 2.68 bits per heavy atom. The van der Waals surface area contributed by atoms with Crippen molar-refractivity contribution in [3.63, 3.8) is 0 Å². The molecule has 1 heteroatoms. The molecule has 1 aliphatic carbocycles. The molecular formula is C18H18N+. The number of aromatic amines is 1. The number of nitrogens with one attached hydrogen (secondary N) is 1. The van der Waals surface area contributed by atoms with Crippen molar-refractivity contribution >= 4 is 21.7 Å². The largest absolute Gasteiger partial charge is 0.218 e. The number of hydrogen-bond donors (Lipinski definition) is 0. The molecule has 2 aromatic carbocycles. The molecule has 1 heterocycles. The van der Waals surface area contributed by atoms with Gasteiger partial charge >= 0.3 is 0 Å². The molecule has 0 saturated heterocycles. The Morgan fingerprint density at radius 2 is 1.84 bits per heavy atom. The van der Waals surface area contributed by atoms with Gasteiger partial charge in [-0.15, -0.1) is 0 Å². The minimum absolute atomic E-state index is 0.254. The van der Waals surface area contributed by atoms with Gasteiger partial charge in [-0.05, 0) is 53.0 Å². The van der Waals surface area contributed by atoms with Crippen molar-refractivity contribution in [1.82, 2.24) is 0 Å². The zero-order chi connectivity index (χ0) is 13.2. The van der Waals surface area contributed by atoms with E-state index < -0.39 is 0 Å². The van der Waals surface area contributed by atoms with Gasteiger partial charge in [0.25, 0.3) is 0 Å². The highest BCUT2D eigenvalue weighted by molar-refractivity contribution is 6.09. The summed E-state index contributed by atoms with van der Waals surface area (Å²) in [7, 11) is 0. The van der Waals surface area contributed by atoms with Crippen LogP contribution in [-0.4, -0.2) is 0 Å². The number of H-pyrrole nitrogens is 1. The molecule has 1 aromatic heterocycles. The van der Waals surface area contributed by atoms with E-state index in [1.807, 2.05) is 6.20 Å². The molecule has 94 valence electrons. The second-order valence-corrected chi connectivity index (χ2v) is 6.35. The summed E-state index contributed by atoms with van der Waals surface area (Å²) >= 11 is 0. The lowest BCUT2D eigenvalue weighted by molar-refractivity contribution is -0.343. The van der Waals surface area contributed by atoms with E-state index in [0.717, 1.165) is 6.42 Å². The summed E-state index contributed by atoms with van der Waals surface area (Å²) in [5.41, 5.74) is 6.02. The second-order valence-electron chi connectivity index (χ2n) is 6.35. The number of aromatic nitrogens is 1. The summed E-state index contributed by atoms with van der Waals surface area (Å²) in [6.45, 7) is 6.98. The monoisotopic (exact) mass is 248 g/mol. The fourth-order valence-corrected chi connectivity index (χ4v) is 3.73. The van der Waals surface area contributed by atoms with Crippen molar-refractivity contribution < 1.29 is 4.98 Å². The predicted octanol–water partition coefficient (Wildman–Crippen LogP) is 3.95. The molecule has 3 aromatic rings. The predicted molar refractivity (Wildman–Crippen MR) is 79.5 cm³/mol. The molecule has 0 bridgehead atoms. The SMILES string of the molecule is Cc1c2c3c(cccc3c3[nH+]cccc13)C(C)(C)C2. The van der Waals surface area contributed by atoms with Crippen LogP contribution in [0.3, 0.4) is 0 Å². The topological polar surface area (TPSA) is 14.1 Å². The van der Waals surface area contributed by atoms with Gasteiger partial charge in [0, 0.05) is 6.07 Å². The molecule has 1 nitrogen and oxygen atoms in total. The Kier molecular flexibility index (Phi) is 1.94. The summed E-state index contributed by atoms with van der Waals surface area (Å²) in [5, 5.41) is 4.22. The highest BCUT2D eigenvalue weighted by atomic mass is 14.7. The normalized spacial score (nSPS) is 16.4. The number of aryl methyl sites for hydroxylation is 1. The standard InChI is InChI=1S/C18H17N/c1-11-12-7-5-9-19-17(12)13-6-4-8-15-16(13)14(11)10-18(15,2)3/h4-9H,10H2,1-3H3/p+1. The van der Waals surface area contributed by atoms with Crippen LogP contribution in [0.4, 0.5) is 0 Å². The molecule has 0 aliphatic heterocycles. The van der Waals surface area contributed by atoms with Crippen LogP contribution >= 0.6 is 0 Å². The van der Waals surface area contributed by atoms with Crippen molar-refractivity contribution in [3.05, 3.63) is 53.2 Å². The number of fused-ring (bicyclic) bond motifs is 2. The van der Waals surface area contributed by atoms with Gasteiger partial charge in [-0.3, -0.25) is 0 Å². The highest BCUT2D eigenvalue weighted by Gasteiger charge is 2.33. The molecule has 0 radical (unpaired) electrons. The number of pyridine rings is 1. The van der Waals surface area contributed by atoms with Gasteiger partial charge in [0.05, 0.1) is 10.8 Å². The third kappa shape index (κ3) is 1.28. The minimum Gasteiger partial charge on any atom is -0.211 e. The Hall–Kier alpha value is -1.89. The maximum absolute atomic E-state index is 3.44. The van der Waals surface area contributed by atoms with Gasteiger partial charge in [0.2, 0.25) is 5.52 Å². The van der Waals surface area contributed by atoms with Crippen LogP contribution in [0.1, 0.15) is 30.5 Å². The molecule has 1 N–H and O–H groups in total. The average Bonchev–Trinajstić information content (AvgIpc) is 2.70. The molecule has 1 aliphatic rings. The van der Waals surface area contributed by atoms with Crippen molar-refractivity contribution in [1.29, 1.82) is 0 Å². The first-order chi connectivity index (χ1) is 9.09. The third-order valence-corrected chi connectivity index (χ3v) is 4.70. The zero-order valence-corrected chi connectivity index (χ0v) is 11.7. The lowest BCUT2D eigenvalue weighted by Gasteiger charge is -2.18. The molecule has 0 unspecified atom stereocenters. The lowest BCUT2D eigenvalue weighted by Crippen LogP contribution is -2.14. The Morgan fingerprint density at radius 1 is 1.05 bits per heavy atom. The summed E-state index contributed by atoms with van der Waals surface area (Å²) in [5.74, 6) is 0. The second kappa shape index (κ2) is 3.36. The molecule has 0 spiro atoms. The summed E-state index contributed by atoms with van der Waals surface area (Å²) < 4.78 is 0. The molecule has 0 saturated carbocycles. The maximum Gasteiger partial charge on any atom is 0.218 e. The number of benzene rings is 2. The maximum atomic E-state index is 3.44. The van der Waals surface area contributed by atoms with Gasteiger partial charge < -0.3 is 0 Å². The molecule has 4 rings (SSSR count).